The molecule has 0 bridgehead atoms. The fourth-order valence-electron chi connectivity index (χ4n) is 2.74. The molecular formula is C20H22N4O3S. The molecule has 1 aromatic carbocycles. The van der Waals surface area contributed by atoms with Crippen LogP contribution < -0.4 is 10.1 Å². The molecule has 2 heterocycles. The molecule has 1 aliphatic rings. The summed E-state index contributed by atoms with van der Waals surface area (Å²) < 4.78 is 13.4. The number of aryl methyl sites for hydroxylation is 1. The number of para-hydroxylation sites is 1. The van der Waals surface area contributed by atoms with E-state index in [2.05, 4.69) is 15.5 Å². The van der Waals surface area contributed by atoms with Crippen molar-refractivity contribution in [3.05, 3.63) is 59.8 Å². The smallest absolute Gasteiger partial charge is 0.230 e. The van der Waals surface area contributed by atoms with Gasteiger partial charge in [0.05, 0.1) is 18.6 Å². The number of aromatic nitrogens is 3. The third-order valence-electron chi connectivity index (χ3n) is 4.41. The lowest BCUT2D eigenvalue weighted by Gasteiger charge is -2.11. The number of rotatable bonds is 9. The minimum Gasteiger partial charge on any atom is -0.485 e. The molecule has 0 atom stereocenters. The Bertz CT molecular complexity index is 935. The minimum atomic E-state index is 0.0257. The van der Waals surface area contributed by atoms with Crippen LogP contribution >= 0.6 is 11.8 Å². The van der Waals surface area contributed by atoms with Crippen LogP contribution in [0.4, 0.5) is 0 Å². The van der Waals surface area contributed by atoms with Crippen LogP contribution in [-0.2, 0) is 17.9 Å². The number of ether oxygens (including phenoxy) is 1. The van der Waals surface area contributed by atoms with Gasteiger partial charge in [-0.3, -0.25) is 9.36 Å². The Balaban J connectivity index is 1.47. The van der Waals surface area contributed by atoms with E-state index in [-0.39, 0.29) is 12.5 Å². The van der Waals surface area contributed by atoms with E-state index >= 15 is 0 Å². The second-order valence-electron chi connectivity index (χ2n) is 6.75. The van der Waals surface area contributed by atoms with Crippen LogP contribution in [0.25, 0.3) is 0 Å². The molecular weight excluding hydrogens is 376 g/mol. The summed E-state index contributed by atoms with van der Waals surface area (Å²) in [5, 5.41) is 12.2. The zero-order chi connectivity index (χ0) is 19.3. The number of benzene rings is 1. The lowest BCUT2D eigenvalue weighted by Crippen LogP contribution is -2.27. The Morgan fingerprint density at radius 3 is 2.89 bits per heavy atom. The Morgan fingerprint density at radius 2 is 2.14 bits per heavy atom. The molecule has 1 saturated carbocycles. The summed E-state index contributed by atoms with van der Waals surface area (Å²) in [5.41, 5.74) is 1.06. The zero-order valence-corrected chi connectivity index (χ0v) is 16.4. The highest BCUT2D eigenvalue weighted by Crippen LogP contribution is 2.23. The number of thioether (sulfide) groups is 1. The second kappa shape index (κ2) is 8.52. The molecule has 1 aliphatic carbocycles. The van der Waals surface area contributed by atoms with Crippen molar-refractivity contribution in [3.8, 4) is 5.75 Å². The van der Waals surface area contributed by atoms with Crippen LogP contribution in [0, 0.1) is 6.92 Å². The molecule has 0 unspecified atom stereocenters. The topological polar surface area (TPSA) is 82.2 Å². The second-order valence-corrected chi connectivity index (χ2v) is 7.69. The van der Waals surface area contributed by atoms with Crippen LogP contribution in [0.15, 0.2) is 52.2 Å². The number of furan rings is 1. The monoisotopic (exact) mass is 398 g/mol. The molecule has 1 N–H and O–H groups in total. The number of carbonyl (C=O) groups is 1. The largest absolute Gasteiger partial charge is 0.485 e. The summed E-state index contributed by atoms with van der Waals surface area (Å²) in [5.74, 6) is 2.63. The predicted molar refractivity (Wildman–Crippen MR) is 105 cm³/mol. The third kappa shape index (κ3) is 4.75. The lowest BCUT2D eigenvalue weighted by atomic mass is 10.2. The first-order chi connectivity index (χ1) is 13.7. The maximum Gasteiger partial charge on any atom is 0.230 e. The van der Waals surface area contributed by atoms with Crippen molar-refractivity contribution in [1.29, 1.82) is 0 Å². The highest BCUT2D eigenvalue weighted by atomic mass is 32.2. The predicted octanol–water partition coefficient (Wildman–Crippen LogP) is 3.18. The van der Waals surface area contributed by atoms with Crippen molar-refractivity contribution in [1.82, 2.24) is 20.1 Å². The SMILES string of the molecule is Cc1ccccc1OCc1nnc(SCC(=O)NC2CC2)n1Cc1ccco1. The number of hydrogen-bond donors (Lipinski definition) is 1. The number of hydrogen-bond acceptors (Lipinski definition) is 6. The Labute approximate surface area is 167 Å². The van der Waals surface area contributed by atoms with E-state index < -0.39 is 0 Å². The van der Waals surface area contributed by atoms with Gasteiger partial charge in [-0.25, -0.2) is 0 Å². The first kappa shape index (κ1) is 18.6. The fraction of sp³-hybridized carbons (Fsp3) is 0.350. The van der Waals surface area contributed by atoms with Gasteiger partial charge < -0.3 is 14.5 Å². The lowest BCUT2D eigenvalue weighted by molar-refractivity contribution is -0.118. The van der Waals surface area contributed by atoms with Gasteiger partial charge in [-0.05, 0) is 43.5 Å². The molecule has 3 aromatic rings. The van der Waals surface area contributed by atoms with Gasteiger partial charge in [-0.1, -0.05) is 30.0 Å². The van der Waals surface area contributed by atoms with Crippen LogP contribution in [0.3, 0.4) is 0 Å². The van der Waals surface area contributed by atoms with Crippen molar-refractivity contribution in [2.45, 2.75) is 44.1 Å². The van der Waals surface area contributed by atoms with Crippen LogP contribution in [0.5, 0.6) is 5.75 Å². The van der Waals surface area contributed by atoms with Crippen molar-refractivity contribution < 1.29 is 13.9 Å². The molecule has 0 radical (unpaired) electrons. The number of nitrogens with zero attached hydrogens (tertiary/aromatic N) is 3. The Kier molecular flexibility index (Phi) is 5.66. The summed E-state index contributed by atoms with van der Waals surface area (Å²) in [6, 6.07) is 12.0. The normalized spacial score (nSPS) is 13.5. The average Bonchev–Trinajstić information content (AvgIpc) is 3.20. The highest BCUT2D eigenvalue weighted by molar-refractivity contribution is 7.99. The van der Waals surface area contributed by atoms with Crippen molar-refractivity contribution >= 4 is 17.7 Å². The van der Waals surface area contributed by atoms with E-state index in [1.54, 1.807) is 6.26 Å². The van der Waals surface area contributed by atoms with Crippen molar-refractivity contribution in [2.24, 2.45) is 0 Å². The molecule has 0 saturated heterocycles. The van der Waals surface area contributed by atoms with E-state index in [1.807, 2.05) is 47.9 Å². The molecule has 7 nitrogen and oxygen atoms in total. The van der Waals surface area contributed by atoms with Crippen LogP contribution in [0.2, 0.25) is 0 Å². The molecule has 146 valence electrons. The summed E-state index contributed by atoms with van der Waals surface area (Å²) in [4.78, 5) is 12.0. The summed E-state index contributed by atoms with van der Waals surface area (Å²) in [6.45, 7) is 2.77. The molecule has 28 heavy (non-hydrogen) atoms. The van der Waals surface area contributed by atoms with Gasteiger partial charge in [-0.2, -0.15) is 0 Å². The van der Waals surface area contributed by atoms with Crippen LogP contribution in [0.1, 0.15) is 30.0 Å². The fourth-order valence-corrected chi connectivity index (χ4v) is 3.51. The Hall–Kier alpha value is -2.74. The van der Waals surface area contributed by atoms with Gasteiger partial charge in [0.25, 0.3) is 0 Å². The van der Waals surface area contributed by atoms with Crippen molar-refractivity contribution in [3.63, 3.8) is 0 Å². The van der Waals surface area contributed by atoms with Gasteiger partial charge in [-0.15, -0.1) is 10.2 Å². The maximum atomic E-state index is 12.0. The molecule has 0 spiro atoms. The van der Waals surface area contributed by atoms with E-state index in [0.29, 0.717) is 29.3 Å². The van der Waals surface area contributed by atoms with Gasteiger partial charge in [0, 0.05) is 6.04 Å². The van der Waals surface area contributed by atoms with E-state index in [1.165, 1.54) is 11.8 Å². The maximum absolute atomic E-state index is 12.0. The molecule has 1 amide bonds. The van der Waals surface area contributed by atoms with Gasteiger partial charge in [0.15, 0.2) is 11.0 Å². The van der Waals surface area contributed by atoms with Gasteiger partial charge in [0.1, 0.15) is 18.1 Å². The number of nitrogens with one attached hydrogen (secondary N) is 1. The highest BCUT2D eigenvalue weighted by Gasteiger charge is 2.24. The third-order valence-corrected chi connectivity index (χ3v) is 5.38. The van der Waals surface area contributed by atoms with E-state index in [0.717, 1.165) is 29.9 Å². The summed E-state index contributed by atoms with van der Waals surface area (Å²) in [6.07, 6.45) is 3.79. The molecule has 0 aliphatic heterocycles. The van der Waals surface area contributed by atoms with E-state index in [4.69, 9.17) is 9.15 Å². The quantitative estimate of drug-likeness (QED) is 0.558. The summed E-state index contributed by atoms with van der Waals surface area (Å²) in [7, 11) is 0. The first-order valence-corrected chi connectivity index (χ1v) is 10.2. The molecule has 1 fully saturated rings. The van der Waals surface area contributed by atoms with Gasteiger partial charge in [0.2, 0.25) is 5.91 Å². The minimum absolute atomic E-state index is 0.0257. The number of carbonyl (C=O) groups excluding carboxylic acids is 1. The molecule has 2 aromatic heterocycles. The first-order valence-electron chi connectivity index (χ1n) is 9.24. The van der Waals surface area contributed by atoms with Crippen LogP contribution in [-0.4, -0.2) is 32.5 Å². The van der Waals surface area contributed by atoms with Crippen molar-refractivity contribution in [2.75, 3.05) is 5.75 Å². The zero-order valence-electron chi connectivity index (χ0n) is 15.6. The average molecular weight is 398 g/mol. The van der Waals surface area contributed by atoms with E-state index in [9.17, 15) is 4.79 Å². The Morgan fingerprint density at radius 1 is 1.29 bits per heavy atom. The standard InChI is InChI=1S/C20H22N4O3S/c1-14-5-2-3-7-17(14)27-12-18-22-23-20(24(18)11-16-6-4-10-26-16)28-13-19(25)21-15-8-9-15/h2-7,10,15H,8-9,11-13H2,1H3,(H,21,25). The summed E-state index contributed by atoms with van der Waals surface area (Å²) >= 11 is 1.37. The molecule has 8 heteroatoms. The van der Waals surface area contributed by atoms with Gasteiger partial charge >= 0.3 is 0 Å². The molecule has 4 rings (SSSR count). The number of amides is 1.